The third-order valence-corrected chi connectivity index (χ3v) is 3.62. The predicted molar refractivity (Wildman–Crippen MR) is 96.2 cm³/mol. The van der Waals surface area contributed by atoms with Crippen molar-refractivity contribution in [3.8, 4) is 23.3 Å². The second-order valence-corrected chi connectivity index (χ2v) is 5.56. The molecule has 2 nitrogen and oxygen atoms in total. The van der Waals surface area contributed by atoms with Crippen LogP contribution in [-0.2, 0) is 0 Å². The molecule has 0 amide bonds. The van der Waals surface area contributed by atoms with Crippen molar-refractivity contribution in [2.75, 3.05) is 0 Å². The SMILES string of the molecule is OC(Cl)c1ccc(Oc2ccc(C#Cc3ccccc3)cc2)cc1. The van der Waals surface area contributed by atoms with Crippen molar-refractivity contribution >= 4 is 11.6 Å². The molecule has 3 heteroatoms. The van der Waals surface area contributed by atoms with Gasteiger partial charge in [0.2, 0.25) is 0 Å². The highest BCUT2D eigenvalue weighted by atomic mass is 35.5. The Morgan fingerprint density at radius 1 is 0.708 bits per heavy atom. The van der Waals surface area contributed by atoms with Gasteiger partial charge in [-0.05, 0) is 54.1 Å². The van der Waals surface area contributed by atoms with Crippen molar-refractivity contribution < 1.29 is 9.84 Å². The molecular formula is C21H15ClO2. The van der Waals surface area contributed by atoms with E-state index in [0.29, 0.717) is 11.3 Å². The number of halogens is 1. The molecule has 0 aliphatic carbocycles. The number of hydrogen-bond donors (Lipinski definition) is 1. The maximum atomic E-state index is 9.28. The average Bonchev–Trinajstić information content (AvgIpc) is 2.62. The molecule has 0 aromatic heterocycles. The second kappa shape index (κ2) is 7.70. The van der Waals surface area contributed by atoms with E-state index in [1.165, 1.54) is 0 Å². The molecule has 3 rings (SSSR count). The van der Waals surface area contributed by atoms with Crippen molar-refractivity contribution in [2.24, 2.45) is 0 Å². The standard InChI is InChI=1S/C21H15ClO2/c22-21(23)18-10-14-20(15-11-18)24-19-12-8-17(9-13-19)7-6-16-4-2-1-3-5-16/h1-5,8-15,21,23H. The Hall–Kier alpha value is -2.73. The van der Waals surface area contributed by atoms with Crippen LogP contribution in [0.1, 0.15) is 22.3 Å². The van der Waals surface area contributed by atoms with E-state index in [4.69, 9.17) is 16.3 Å². The highest BCUT2D eigenvalue weighted by Crippen LogP contribution is 2.24. The molecule has 1 atom stereocenters. The molecule has 0 bridgehead atoms. The molecular weight excluding hydrogens is 320 g/mol. The normalized spacial score (nSPS) is 11.2. The highest BCUT2D eigenvalue weighted by Gasteiger charge is 2.03. The molecule has 24 heavy (non-hydrogen) atoms. The van der Waals surface area contributed by atoms with Crippen molar-refractivity contribution in [3.05, 3.63) is 95.6 Å². The van der Waals surface area contributed by atoms with Gasteiger partial charge in [-0.25, -0.2) is 0 Å². The zero-order chi connectivity index (χ0) is 16.8. The quantitative estimate of drug-likeness (QED) is 0.533. The first-order valence-corrected chi connectivity index (χ1v) is 7.91. The molecule has 1 unspecified atom stereocenters. The number of rotatable bonds is 3. The lowest BCUT2D eigenvalue weighted by molar-refractivity contribution is 0.263. The summed E-state index contributed by atoms with van der Waals surface area (Å²) >= 11 is 5.61. The minimum absolute atomic E-state index is 0.635. The van der Waals surface area contributed by atoms with Gasteiger partial charge in [-0.3, -0.25) is 0 Å². The summed E-state index contributed by atoms with van der Waals surface area (Å²) in [6, 6.07) is 24.4. The Bertz CT molecular complexity index is 842. The summed E-state index contributed by atoms with van der Waals surface area (Å²) in [5.41, 5.74) is 1.54. The Kier molecular flexibility index (Phi) is 5.18. The molecule has 0 aliphatic heterocycles. The molecule has 0 radical (unpaired) electrons. The summed E-state index contributed by atoms with van der Waals surface area (Å²) in [4.78, 5) is 0. The third-order valence-electron chi connectivity index (χ3n) is 3.37. The van der Waals surface area contributed by atoms with E-state index >= 15 is 0 Å². The van der Waals surface area contributed by atoms with Crippen LogP contribution in [0.2, 0.25) is 0 Å². The number of aliphatic hydroxyl groups excluding tert-OH is 1. The van der Waals surface area contributed by atoms with E-state index in [2.05, 4.69) is 11.8 Å². The van der Waals surface area contributed by atoms with E-state index in [1.54, 1.807) is 24.3 Å². The number of hydrogen-bond acceptors (Lipinski definition) is 2. The van der Waals surface area contributed by atoms with Gasteiger partial charge < -0.3 is 9.84 Å². The summed E-state index contributed by atoms with van der Waals surface area (Å²) in [7, 11) is 0. The minimum Gasteiger partial charge on any atom is -0.457 e. The van der Waals surface area contributed by atoms with Gasteiger partial charge in [-0.2, -0.15) is 0 Å². The molecule has 0 aliphatic rings. The summed E-state index contributed by atoms with van der Waals surface area (Å²) in [6.45, 7) is 0. The Labute approximate surface area is 146 Å². The summed E-state index contributed by atoms with van der Waals surface area (Å²) in [6.07, 6.45) is 0. The summed E-state index contributed by atoms with van der Waals surface area (Å²) < 4.78 is 5.76. The fraction of sp³-hybridized carbons (Fsp3) is 0.0476. The number of ether oxygens (including phenoxy) is 1. The largest absolute Gasteiger partial charge is 0.457 e. The van der Waals surface area contributed by atoms with Gasteiger partial charge in [0.25, 0.3) is 0 Å². The van der Waals surface area contributed by atoms with E-state index in [9.17, 15) is 5.11 Å². The average molecular weight is 335 g/mol. The maximum absolute atomic E-state index is 9.28. The fourth-order valence-corrected chi connectivity index (χ4v) is 2.25. The van der Waals surface area contributed by atoms with Crippen molar-refractivity contribution in [1.29, 1.82) is 0 Å². The predicted octanol–water partition coefficient (Wildman–Crippen LogP) is 5.11. The van der Waals surface area contributed by atoms with Gasteiger partial charge >= 0.3 is 0 Å². The van der Waals surface area contributed by atoms with Gasteiger partial charge in [0, 0.05) is 11.1 Å². The van der Waals surface area contributed by atoms with Crippen LogP contribution in [0.5, 0.6) is 11.5 Å². The first-order valence-electron chi connectivity index (χ1n) is 7.48. The lowest BCUT2D eigenvalue weighted by atomic mass is 10.2. The monoisotopic (exact) mass is 334 g/mol. The Morgan fingerprint density at radius 3 is 1.75 bits per heavy atom. The van der Waals surface area contributed by atoms with Crippen LogP contribution >= 0.6 is 11.6 Å². The van der Waals surface area contributed by atoms with Crippen LogP contribution in [0, 0.1) is 11.8 Å². The number of benzene rings is 3. The molecule has 3 aromatic carbocycles. The van der Waals surface area contributed by atoms with Crippen molar-refractivity contribution in [1.82, 2.24) is 0 Å². The Balaban J connectivity index is 1.67. The first kappa shape index (κ1) is 16.1. The molecule has 0 saturated carbocycles. The lowest BCUT2D eigenvalue weighted by Crippen LogP contribution is -1.89. The molecule has 118 valence electrons. The van der Waals surface area contributed by atoms with Crippen LogP contribution < -0.4 is 4.74 Å². The summed E-state index contributed by atoms with van der Waals surface area (Å²) in [5, 5.41) is 9.28. The van der Waals surface area contributed by atoms with E-state index in [0.717, 1.165) is 16.9 Å². The topological polar surface area (TPSA) is 29.5 Å². The molecule has 0 heterocycles. The third kappa shape index (κ3) is 4.39. The minimum atomic E-state index is -0.999. The molecule has 1 N–H and O–H groups in total. The Morgan fingerprint density at radius 2 is 1.21 bits per heavy atom. The smallest absolute Gasteiger partial charge is 0.153 e. The van der Waals surface area contributed by atoms with Crippen LogP contribution in [0.15, 0.2) is 78.9 Å². The summed E-state index contributed by atoms with van der Waals surface area (Å²) in [5.74, 6) is 7.65. The second-order valence-electron chi connectivity index (χ2n) is 5.15. The highest BCUT2D eigenvalue weighted by molar-refractivity contribution is 6.19. The van der Waals surface area contributed by atoms with E-state index in [-0.39, 0.29) is 0 Å². The first-order chi connectivity index (χ1) is 11.7. The van der Waals surface area contributed by atoms with Gasteiger partial charge in [0.15, 0.2) is 5.56 Å². The van der Waals surface area contributed by atoms with Gasteiger partial charge in [0.1, 0.15) is 11.5 Å². The van der Waals surface area contributed by atoms with Crippen LogP contribution in [-0.4, -0.2) is 5.11 Å². The molecule has 0 fully saturated rings. The number of alkyl halides is 1. The molecule has 3 aromatic rings. The van der Waals surface area contributed by atoms with Crippen molar-refractivity contribution in [2.45, 2.75) is 5.56 Å². The van der Waals surface area contributed by atoms with Gasteiger partial charge in [-0.1, -0.05) is 53.8 Å². The van der Waals surface area contributed by atoms with Crippen LogP contribution in [0.4, 0.5) is 0 Å². The molecule has 0 saturated heterocycles. The molecule has 0 spiro atoms. The van der Waals surface area contributed by atoms with Gasteiger partial charge in [0.05, 0.1) is 0 Å². The van der Waals surface area contributed by atoms with Crippen LogP contribution in [0.3, 0.4) is 0 Å². The van der Waals surface area contributed by atoms with Crippen LogP contribution in [0.25, 0.3) is 0 Å². The van der Waals surface area contributed by atoms with Crippen molar-refractivity contribution in [3.63, 3.8) is 0 Å². The zero-order valence-electron chi connectivity index (χ0n) is 12.8. The lowest BCUT2D eigenvalue weighted by Gasteiger charge is -2.07. The fourth-order valence-electron chi connectivity index (χ4n) is 2.10. The van der Waals surface area contributed by atoms with Gasteiger partial charge in [-0.15, -0.1) is 0 Å². The van der Waals surface area contributed by atoms with E-state index < -0.39 is 5.56 Å². The van der Waals surface area contributed by atoms with E-state index in [1.807, 2.05) is 54.6 Å². The maximum Gasteiger partial charge on any atom is 0.153 e. The number of aliphatic hydroxyl groups is 1. The zero-order valence-corrected chi connectivity index (χ0v) is 13.6.